The highest BCUT2D eigenvalue weighted by atomic mass is 35.5. The number of nitrogens with one attached hydrogen (secondary N) is 1. The fourth-order valence-corrected chi connectivity index (χ4v) is 1.98. The maximum Gasteiger partial charge on any atom is 0.251 e. The van der Waals surface area contributed by atoms with Gasteiger partial charge in [0.1, 0.15) is 0 Å². The number of amides is 1. The van der Waals surface area contributed by atoms with Gasteiger partial charge in [-0.25, -0.2) is 0 Å². The van der Waals surface area contributed by atoms with Gasteiger partial charge in [-0.3, -0.25) is 9.69 Å². The summed E-state index contributed by atoms with van der Waals surface area (Å²) in [6.45, 7) is 4.97. The molecule has 0 atom stereocenters. The van der Waals surface area contributed by atoms with Gasteiger partial charge in [-0.1, -0.05) is 11.6 Å². The Morgan fingerprint density at radius 2 is 1.89 bits per heavy atom. The zero-order valence-electron chi connectivity index (χ0n) is 10.6. The molecule has 0 bridgehead atoms. The first kappa shape index (κ1) is 16.2. The number of morpholine rings is 1. The minimum atomic E-state index is -0.0556. The first-order valence-corrected chi connectivity index (χ1v) is 6.47. The molecule has 1 aliphatic heterocycles. The van der Waals surface area contributed by atoms with Crippen LogP contribution in [-0.2, 0) is 4.74 Å². The second kappa shape index (κ2) is 8.38. The van der Waals surface area contributed by atoms with E-state index < -0.39 is 0 Å². The minimum Gasteiger partial charge on any atom is -0.379 e. The maximum atomic E-state index is 11.8. The minimum absolute atomic E-state index is 0. The summed E-state index contributed by atoms with van der Waals surface area (Å²) in [6.07, 6.45) is 0. The van der Waals surface area contributed by atoms with E-state index in [9.17, 15) is 4.79 Å². The van der Waals surface area contributed by atoms with E-state index in [0.717, 1.165) is 32.8 Å². The van der Waals surface area contributed by atoms with Crippen LogP contribution in [-0.4, -0.2) is 50.2 Å². The van der Waals surface area contributed by atoms with Crippen molar-refractivity contribution in [3.63, 3.8) is 0 Å². The number of ether oxygens (including phenoxy) is 1. The van der Waals surface area contributed by atoms with E-state index in [0.29, 0.717) is 17.1 Å². The van der Waals surface area contributed by atoms with Crippen molar-refractivity contribution in [2.75, 3.05) is 39.4 Å². The van der Waals surface area contributed by atoms with Gasteiger partial charge in [-0.2, -0.15) is 0 Å². The summed E-state index contributed by atoms with van der Waals surface area (Å²) in [7, 11) is 0. The molecule has 0 spiro atoms. The van der Waals surface area contributed by atoms with Crippen molar-refractivity contribution >= 4 is 29.9 Å². The van der Waals surface area contributed by atoms with Gasteiger partial charge in [-0.05, 0) is 24.3 Å². The van der Waals surface area contributed by atoms with E-state index in [4.69, 9.17) is 16.3 Å². The SMILES string of the molecule is Cl.O=C(NCCN1CCOCC1)c1ccc(Cl)cc1. The molecule has 1 fully saturated rings. The molecule has 4 nitrogen and oxygen atoms in total. The first-order valence-electron chi connectivity index (χ1n) is 6.09. The lowest BCUT2D eigenvalue weighted by molar-refractivity contribution is 0.0383. The van der Waals surface area contributed by atoms with E-state index in [2.05, 4.69) is 10.2 Å². The van der Waals surface area contributed by atoms with Gasteiger partial charge < -0.3 is 10.1 Å². The molecule has 1 heterocycles. The molecule has 0 aliphatic carbocycles. The Bertz CT molecular complexity index is 392. The quantitative estimate of drug-likeness (QED) is 0.922. The predicted octanol–water partition coefficient (Wildman–Crippen LogP) is 1.82. The van der Waals surface area contributed by atoms with E-state index in [-0.39, 0.29) is 18.3 Å². The summed E-state index contributed by atoms with van der Waals surface area (Å²) in [5.74, 6) is -0.0556. The molecule has 6 heteroatoms. The molecule has 0 unspecified atom stereocenters. The predicted molar refractivity (Wildman–Crippen MR) is 78.3 cm³/mol. The van der Waals surface area contributed by atoms with Crippen molar-refractivity contribution in [3.8, 4) is 0 Å². The summed E-state index contributed by atoms with van der Waals surface area (Å²) in [5, 5.41) is 3.54. The fraction of sp³-hybridized carbons (Fsp3) is 0.462. The van der Waals surface area contributed by atoms with Gasteiger partial charge in [0.15, 0.2) is 0 Å². The van der Waals surface area contributed by atoms with Crippen molar-refractivity contribution in [2.45, 2.75) is 0 Å². The van der Waals surface area contributed by atoms with E-state index >= 15 is 0 Å². The lowest BCUT2D eigenvalue weighted by Crippen LogP contribution is -2.41. The molecular formula is C13H18Cl2N2O2. The van der Waals surface area contributed by atoms with Gasteiger partial charge >= 0.3 is 0 Å². The highest BCUT2D eigenvalue weighted by Gasteiger charge is 2.10. The van der Waals surface area contributed by atoms with Crippen molar-refractivity contribution in [3.05, 3.63) is 34.9 Å². The number of hydrogen-bond acceptors (Lipinski definition) is 3. The maximum absolute atomic E-state index is 11.8. The van der Waals surface area contributed by atoms with Crippen LogP contribution in [0.2, 0.25) is 5.02 Å². The summed E-state index contributed by atoms with van der Waals surface area (Å²) >= 11 is 5.77. The molecule has 19 heavy (non-hydrogen) atoms. The largest absolute Gasteiger partial charge is 0.379 e. The highest BCUT2D eigenvalue weighted by molar-refractivity contribution is 6.30. The molecule has 1 aromatic carbocycles. The molecule has 106 valence electrons. The summed E-state index contributed by atoms with van der Waals surface area (Å²) in [4.78, 5) is 14.1. The molecular weight excluding hydrogens is 287 g/mol. The van der Waals surface area contributed by atoms with Crippen molar-refractivity contribution < 1.29 is 9.53 Å². The van der Waals surface area contributed by atoms with Crippen LogP contribution in [0.15, 0.2) is 24.3 Å². The number of hydrogen-bond donors (Lipinski definition) is 1. The fourth-order valence-electron chi connectivity index (χ4n) is 1.86. The number of carbonyl (C=O) groups is 1. The van der Waals surface area contributed by atoms with Gasteiger partial charge in [0.25, 0.3) is 5.91 Å². The Balaban J connectivity index is 0.00000180. The molecule has 1 amide bonds. The number of halogens is 2. The van der Waals surface area contributed by atoms with Crippen LogP contribution in [0.3, 0.4) is 0 Å². The van der Waals surface area contributed by atoms with Gasteiger partial charge in [0.2, 0.25) is 0 Å². The average molecular weight is 305 g/mol. The Hall–Kier alpha value is -0.810. The second-order valence-corrected chi connectivity index (χ2v) is 4.65. The molecule has 1 aliphatic rings. The lowest BCUT2D eigenvalue weighted by Gasteiger charge is -2.26. The molecule has 1 saturated heterocycles. The normalized spacial score (nSPS) is 15.6. The third kappa shape index (κ3) is 5.37. The monoisotopic (exact) mass is 304 g/mol. The van der Waals surface area contributed by atoms with Crippen molar-refractivity contribution in [1.29, 1.82) is 0 Å². The van der Waals surface area contributed by atoms with Crippen LogP contribution in [0.25, 0.3) is 0 Å². The standard InChI is InChI=1S/C13H17ClN2O2.ClH/c14-12-3-1-11(2-4-12)13(17)15-5-6-16-7-9-18-10-8-16;/h1-4H,5-10H2,(H,15,17);1H. The molecule has 0 radical (unpaired) electrons. The summed E-state index contributed by atoms with van der Waals surface area (Å²) < 4.78 is 5.27. The molecule has 1 aromatic rings. The molecule has 2 rings (SSSR count). The smallest absolute Gasteiger partial charge is 0.251 e. The highest BCUT2D eigenvalue weighted by Crippen LogP contribution is 2.09. The number of benzene rings is 1. The third-order valence-electron chi connectivity index (χ3n) is 2.92. The molecule has 0 aromatic heterocycles. The lowest BCUT2D eigenvalue weighted by atomic mass is 10.2. The van der Waals surface area contributed by atoms with Crippen LogP contribution in [0.1, 0.15) is 10.4 Å². The van der Waals surface area contributed by atoms with E-state index in [1.807, 2.05) is 0 Å². The zero-order chi connectivity index (χ0) is 12.8. The average Bonchev–Trinajstić information content (AvgIpc) is 2.40. The van der Waals surface area contributed by atoms with Crippen LogP contribution < -0.4 is 5.32 Å². The van der Waals surface area contributed by atoms with Crippen molar-refractivity contribution in [2.24, 2.45) is 0 Å². The van der Waals surface area contributed by atoms with Crippen LogP contribution in [0.5, 0.6) is 0 Å². The number of carbonyl (C=O) groups excluding carboxylic acids is 1. The first-order chi connectivity index (χ1) is 8.75. The number of nitrogens with zero attached hydrogens (tertiary/aromatic N) is 1. The van der Waals surface area contributed by atoms with Crippen molar-refractivity contribution in [1.82, 2.24) is 10.2 Å². The Morgan fingerprint density at radius 1 is 1.26 bits per heavy atom. The van der Waals surface area contributed by atoms with E-state index in [1.54, 1.807) is 24.3 Å². The van der Waals surface area contributed by atoms with Gasteiger partial charge in [-0.15, -0.1) is 12.4 Å². The van der Waals surface area contributed by atoms with Crippen LogP contribution in [0.4, 0.5) is 0 Å². The summed E-state index contributed by atoms with van der Waals surface area (Å²) in [5.41, 5.74) is 0.640. The number of rotatable bonds is 4. The molecule has 0 saturated carbocycles. The van der Waals surface area contributed by atoms with E-state index in [1.165, 1.54) is 0 Å². The van der Waals surface area contributed by atoms with Gasteiger partial charge in [0.05, 0.1) is 13.2 Å². The molecule has 1 N–H and O–H groups in total. The Morgan fingerprint density at radius 3 is 2.53 bits per heavy atom. The Kier molecular flexibility index (Phi) is 7.16. The van der Waals surface area contributed by atoms with Crippen LogP contribution >= 0.6 is 24.0 Å². The van der Waals surface area contributed by atoms with Crippen LogP contribution in [0, 0.1) is 0 Å². The summed E-state index contributed by atoms with van der Waals surface area (Å²) in [6, 6.07) is 6.90. The van der Waals surface area contributed by atoms with Gasteiger partial charge in [0, 0.05) is 36.8 Å². The Labute approximate surface area is 124 Å². The third-order valence-corrected chi connectivity index (χ3v) is 3.18. The zero-order valence-corrected chi connectivity index (χ0v) is 12.2. The second-order valence-electron chi connectivity index (χ2n) is 4.22. The topological polar surface area (TPSA) is 41.6 Å².